The predicted molar refractivity (Wildman–Crippen MR) is 141 cm³/mol. The van der Waals surface area contributed by atoms with Crippen molar-refractivity contribution in [3.05, 3.63) is 53.6 Å². The number of carbonyl (C=O) groups excluding carboxylic acids is 1. The molecule has 0 aliphatic carbocycles. The summed E-state index contributed by atoms with van der Waals surface area (Å²) < 4.78 is 23.2. The van der Waals surface area contributed by atoms with Crippen LogP contribution in [0.2, 0.25) is 0 Å². The molecule has 0 aliphatic rings. The van der Waals surface area contributed by atoms with E-state index in [9.17, 15) is 43.7 Å². The van der Waals surface area contributed by atoms with Gasteiger partial charge in [0.2, 0.25) is 11.4 Å². The first-order valence-electron chi connectivity index (χ1n) is 11.8. The van der Waals surface area contributed by atoms with Crippen molar-refractivity contribution in [3.8, 4) is 11.5 Å². The quantitative estimate of drug-likeness (QED) is 0.139. The molecule has 0 saturated heterocycles. The topological polar surface area (TPSA) is 197 Å². The summed E-state index contributed by atoms with van der Waals surface area (Å²) in [4.78, 5) is 50.2. The Morgan fingerprint density at radius 1 is 0.865 bits per heavy atom. The summed E-state index contributed by atoms with van der Waals surface area (Å²) in [5, 5.41) is 24.8. The maximum absolute atomic E-state index is 12.8. The average molecular weight is 559 g/mol. The van der Waals surface area contributed by atoms with Crippen LogP contribution in [0.5, 0.6) is 11.5 Å². The molecular weight excluding hydrogens is 522 g/mol. The summed E-state index contributed by atoms with van der Waals surface area (Å²) in [6.45, 7) is 6.84. The van der Waals surface area contributed by atoms with E-state index in [1.807, 2.05) is 19.1 Å². The molecule has 0 saturated carbocycles. The van der Waals surface area contributed by atoms with Crippen LogP contribution in [0.4, 0.5) is 5.69 Å². The van der Waals surface area contributed by atoms with Crippen molar-refractivity contribution in [1.82, 2.24) is 5.32 Å². The molecule has 8 N–H and O–H groups in total. The first-order chi connectivity index (χ1) is 17.0. The lowest BCUT2D eigenvalue weighted by Gasteiger charge is -2.32. The standard InChI is InChI=1S/C24H36N2O9P2/c1-5-18(15-7-10-17(27)11-8-15)19(6-2)16-9-12-21(28)20(13-16)25-22(29)14-24(3,4)26-23(36(30,31)32)37(33,34)35/h7-13,18-19,23,26-28H,5-6,14H2,1-4H3,(H,25,29)(H2,30,31,32)(H2,33,34,35). The zero-order chi connectivity index (χ0) is 28.2. The molecule has 0 bridgehead atoms. The second-order valence-electron chi connectivity index (χ2n) is 9.70. The molecule has 0 fully saturated rings. The Hall–Kier alpha value is -2.23. The maximum Gasteiger partial charge on any atom is 0.354 e. The second kappa shape index (κ2) is 12.1. The Labute approximate surface area is 216 Å². The first-order valence-corrected chi connectivity index (χ1v) is 15.1. The lowest BCUT2D eigenvalue weighted by molar-refractivity contribution is -0.117. The Bertz CT molecular complexity index is 1150. The minimum atomic E-state index is -5.23. The number of hydrogen-bond donors (Lipinski definition) is 8. The van der Waals surface area contributed by atoms with Crippen LogP contribution >= 0.6 is 15.2 Å². The molecule has 2 atom stereocenters. The third-order valence-corrected chi connectivity index (χ3v) is 9.51. The summed E-state index contributed by atoms with van der Waals surface area (Å²) in [5.41, 5.74) is -1.82. The minimum absolute atomic E-state index is 0.0381. The van der Waals surface area contributed by atoms with Gasteiger partial charge >= 0.3 is 15.2 Å². The molecular formula is C24H36N2O9P2. The average Bonchev–Trinajstić information content (AvgIpc) is 2.76. The summed E-state index contributed by atoms with van der Waals surface area (Å²) >= 11 is 0. The van der Waals surface area contributed by atoms with Gasteiger partial charge in [-0.2, -0.15) is 0 Å². The van der Waals surface area contributed by atoms with Gasteiger partial charge in [-0.15, -0.1) is 0 Å². The van der Waals surface area contributed by atoms with Crippen molar-refractivity contribution in [2.45, 2.75) is 69.9 Å². The number of anilines is 1. The molecule has 2 aromatic carbocycles. The van der Waals surface area contributed by atoms with Crippen LogP contribution in [0.3, 0.4) is 0 Å². The van der Waals surface area contributed by atoms with Crippen molar-refractivity contribution in [1.29, 1.82) is 0 Å². The van der Waals surface area contributed by atoms with Gasteiger partial charge < -0.3 is 35.1 Å². The number of hydrogen-bond acceptors (Lipinski definition) is 6. The van der Waals surface area contributed by atoms with Gasteiger partial charge in [-0.05, 0) is 73.9 Å². The molecule has 13 heteroatoms. The van der Waals surface area contributed by atoms with E-state index in [1.54, 1.807) is 24.3 Å². The Kier molecular flexibility index (Phi) is 10.1. The van der Waals surface area contributed by atoms with Gasteiger partial charge in [-0.1, -0.05) is 32.0 Å². The first kappa shape index (κ1) is 31.0. The van der Waals surface area contributed by atoms with Crippen LogP contribution in [-0.4, -0.2) is 46.8 Å². The largest absolute Gasteiger partial charge is 0.508 e. The fraction of sp³-hybridized carbons (Fsp3) is 0.458. The van der Waals surface area contributed by atoms with Crippen molar-refractivity contribution >= 4 is 26.8 Å². The van der Waals surface area contributed by atoms with Gasteiger partial charge in [0.25, 0.3) is 0 Å². The summed E-state index contributed by atoms with van der Waals surface area (Å²) in [6.07, 6.45) is 1.17. The van der Waals surface area contributed by atoms with E-state index in [0.717, 1.165) is 24.0 Å². The zero-order valence-electron chi connectivity index (χ0n) is 21.2. The van der Waals surface area contributed by atoms with Crippen LogP contribution in [0.15, 0.2) is 42.5 Å². The van der Waals surface area contributed by atoms with Crippen molar-refractivity contribution in [2.75, 3.05) is 5.32 Å². The molecule has 206 valence electrons. The van der Waals surface area contributed by atoms with Gasteiger partial charge in [0, 0.05) is 12.0 Å². The Morgan fingerprint density at radius 2 is 1.35 bits per heavy atom. The van der Waals surface area contributed by atoms with Crippen LogP contribution in [0.25, 0.3) is 0 Å². The highest BCUT2D eigenvalue weighted by Crippen LogP contribution is 2.59. The van der Waals surface area contributed by atoms with Crippen molar-refractivity contribution in [3.63, 3.8) is 0 Å². The van der Waals surface area contributed by atoms with E-state index in [2.05, 4.69) is 17.6 Å². The normalized spacial score (nSPS) is 14.4. The summed E-state index contributed by atoms with van der Waals surface area (Å²) in [5.74, 6) is -0.501. The summed E-state index contributed by atoms with van der Waals surface area (Å²) in [6, 6.07) is 11.9. The van der Waals surface area contributed by atoms with E-state index in [4.69, 9.17) is 0 Å². The van der Waals surface area contributed by atoms with Gasteiger partial charge in [0.15, 0.2) is 0 Å². The molecule has 2 rings (SSSR count). The fourth-order valence-electron chi connectivity index (χ4n) is 4.47. The molecule has 0 heterocycles. The number of phenols is 2. The van der Waals surface area contributed by atoms with Crippen molar-refractivity contribution < 1.29 is 43.7 Å². The molecule has 0 aromatic heterocycles. The minimum Gasteiger partial charge on any atom is -0.508 e. The molecule has 11 nitrogen and oxygen atoms in total. The van der Waals surface area contributed by atoms with Crippen LogP contribution < -0.4 is 10.6 Å². The lowest BCUT2D eigenvalue weighted by Crippen LogP contribution is -2.47. The lowest BCUT2D eigenvalue weighted by atomic mass is 9.78. The highest BCUT2D eigenvalue weighted by atomic mass is 31.2. The maximum atomic E-state index is 12.8. The smallest absolute Gasteiger partial charge is 0.354 e. The molecule has 1 amide bonds. The van der Waals surface area contributed by atoms with E-state index < -0.39 is 38.6 Å². The number of amides is 1. The number of carbonyl (C=O) groups is 1. The van der Waals surface area contributed by atoms with Crippen LogP contribution in [0, 0.1) is 0 Å². The van der Waals surface area contributed by atoms with Gasteiger partial charge in [0.1, 0.15) is 11.5 Å². The van der Waals surface area contributed by atoms with Gasteiger partial charge in [-0.3, -0.25) is 19.2 Å². The Balaban J connectivity index is 2.25. The molecule has 0 aliphatic heterocycles. The zero-order valence-corrected chi connectivity index (χ0v) is 23.0. The monoisotopic (exact) mass is 558 g/mol. The third kappa shape index (κ3) is 8.65. The number of phenolic OH excluding ortho intramolecular Hbond substituents is 2. The van der Waals surface area contributed by atoms with E-state index >= 15 is 0 Å². The van der Waals surface area contributed by atoms with Crippen LogP contribution in [-0.2, 0) is 13.9 Å². The molecule has 0 spiro atoms. The van der Waals surface area contributed by atoms with Crippen molar-refractivity contribution in [2.24, 2.45) is 0 Å². The van der Waals surface area contributed by atoms with E-state index in [1.165, 1.54) is 19.9 Å². The number of benzene rings is 2. The highest BCUT2D eigenvalue weighted by molar-refractivity contribution is 7.70. The summed E-state index contributed by atoms with van der Waals surface area (Å²) in [7, 11) is -10.5. The molecule has 2 aromatic rings. The SMILES string of the molecule is CCC(c1ccc(O)cc1)C(CC)c1ccc(O)c(NC(=O)CC(C)(C)NC(P(=O)(O)O)P(=O)(O)O)c1. The Morgan fingerprint density at radius 3 is 1.84 bits per heavy atom. The second-order valence-corrected chi connectivity index (χ2v) is 13.5. The number of nitrogens with one attached hydrogen (secondary N) is 2. The van der Waals surface area contributed by atoms with Gasteiger partial charge in [-0.25, -0.2) is 0 Å². The van der Waals surface area contributed by atoms with E-state index in [0.29, 0.717) is 0 Å². The third-order valence-electron chi connectivity index (χ3n) is 6.17. The molecule has 2 unspecified atom stereocenters. The number of aromatic hydroxyl groups is 2. The van der Waals surface area contributed by atoms with E-state index in [-0.39, 0.29) is 29.0 Å². The predicted octanol–water partition coefficient (Wildman–Crippen LogP) is 4.12. The highest BCUT2D eigenvalue weighted by Gasteiger charge is 2.46. The molecule has 0 radical (unpaired) electrons. The molecule has 37 heavy (non-hydrogen) atoms. The number of rotatable bonds is 12. The van der Waals surface area contributed by atoms with Crippen LogP contribution in [0.1, 0.15) is 69.9 Å². The van der Waals surface area contributed by atoms with Gasteiger partial charge in [0.05, 0.1) is 5.69 Å². The fourth-order valence-corrected chi connectivity index (χ4v) is 7.07.